The van der Waals surface area contributed by atoms with Gasteiger partial charge in [-0.1, -0.05) is 48.5 Å². The van der Waals surface area contributed by atoms with E-state index in [1.165, 1.54) is 29.5 Å². The van der Waals surface area contributed by atoms with Crippen LogP contribution in [-0.2, 0) is 17.8 Å². The van der Waals surface area contributed by atoms with Gasteiger partial charge in [-0.05, 0) is 85.7 Å². The first-order valence-electron chi connectivity index (χ1n) is 12.4. The van der Waals surface area contributed by atoms with E-state index in [1.807, 2.05) is 6.07 Å². The molecule has 1 N–H and O–H groups in total. The van der Waals surface area contributed by atoms with Crippen molar-refractivity contribution < 1.29 is 9.18 Å². The van der Waals surface area contributed by atoms with E-state index in [2.05, 4.69) is 52.7 Å². The van der Waals surface area contributed by atoms with E-state index < -0.39 is 5.67 Å². The summed E-state index contributed by atoms with van der Waals surface area (Å²) in [6, 6.07) is 17.2. The first-order chi connectivity index (χ1) is 15.6. The Balaban J connectivity index is 1.22. The lowest BCUT2D eigenvalue weighted by molar-refractivity contribution is -0.110. The van der Waals surface area contributed by atoms with Gasteiger partial charge in [0.05, 0.1) is 0 Å². The summed E-state index contributed by atoms with van der Waals surface area (Å²) in [5.41, 5.74) is 3.97. The Labute approximate surface area is 191 Å². The Kier molecular flexibility index (Phi) is 6.43. The van der Waals surface area contributed by atoms with E-state index in [4.69, 9.17) is 0 Å². The number of fused-ring (bicyclic) bond motifs is 1. The molecule has 0 saturated carbocycles. The third-order valence-corrected chi connectivity index (χ3v) is 8.10. The van der Waals surface area contributed by atoms with Crippen molar-refractivity contribution in [1.82, 2.24) is 10.2 Å². The van der Waals surface area contributed by atoms with E-state index in [1.54, 1.807) is 0 Å². The number of carbonyl (C=O) groups excluding carboxylic acids is 1. The van der Waals surface area contributed by atoms with Gasteiger partial charge in [-0.25, -0.2) is 4.39 Å². The number of hydrogen-bond acceptors (Lipinski definition) is 3. The summed E-state index contributed by atoms with van der Waals surface area (Å²) in [6.45, 7) is 4.62. The van der Waals surface area contributed by atoms with Crippen molar-refractivity contribution in [3.63, 3.8) is 0 Å². The molecule has 0 spiro atoms. The highest BCUT2D eigenvalue weighted by Crippen LogP contribution is 2.45. The maximum atomic E-state index is 15.9. The predicted molar refractivity (Wildman–Crippen MR) is 127 cm³/mol. The molecule has 2 fully saturated rings. The molecule has 2 aromatic carbocycles. The molecule has 170 valence electrons. The molecule has 2 aromatic rings. The van der Waals surface area contributed by atoms with Crippen molar-refractivity contribution >= 4 is 6.29 Å². The second-order valence-electron chi connectivity index (χ2n) is 10.2. The number of piperidine rings is 2. The molecule has 0 radical (unpaired) electrons. The lowest BCUT2D eigenvalue weighted by atomic mass is 9.79. The van der Waals surface area contributed by atoms with Crippen LogP contribution in [0.2, 0.25) is 0 Å². The molecule has 2 atom stereocenters. The minimum Gasteiger partial charge on any atom is -0.317 e. The van der Waals surface area contributed by atoms with E-state index in [0.29, 0.717) is 25.2 Å². The number of alkyl halides is 1. The standard InChI is InChI=1S/C28H35FN2O/c29-28(10-14-31(15-11-28)19-21-4-2-1-3-5-21)18-25-17-24-16-23(22-8-12-30-13-9-22)6-7-26(24)27(25)20-32/h1-7,16,20,22,25,27,30H,8-15,17-19H2. The first-order valence-corrected chi connectivity index (χ1v) is 12.4. The van der Waals surface area contributed by atoms with E-state index in [9.17, 15) is 4.79 Å². The minimum absolute atomic E-state index is 0.0939. The van der Waals surface area contributed by atoms with Crippen LogP contribution in [0.1, 0.15) is 66.2 Å². The van der Waals surface area contributed by atoms with Crippen LogP contribution < -0.4 is 5.32 Å². The summed E-state index contributed by atoms with van der Waals surface area (Å²) in [7, 11) is 0. The molecular formula is C28H35FN2O. The van der Waals surface area contributed by atoms with Gasteiger partial charge >= 0.3 is 0 Å². The zero-order valence-corrected chi connectivity index (χ0v) is 18.9. The van der Waals surface area contributed by atoms with Crippen molar-refractivity contribution in [3.05, 3.63) is 70.8 Å². The quantitative estimate of drug-likeness (QED) is 0.649. The van der Waals surface area contributed by atoms with Crippen molar-refractivity contribution in [2.45, 2.75) is 62.6 Å². The number of hydrogen-bond donors (Lipinski definition) is 1. The molecule has 2 unspecified atom stereocenters. The molecule has 3 nitrogen and oxygen atoms in total. The van der Waals surface area contributed by atoms with Gasteiger partial charge < -0.3 is 10.1 Å². The Morgan fingerprint density at radius 2 is 1.81 bits per heavy atom. The number of nitrogens with zero attached hydrogens (tertiary/aromatic N) is 1. The smallest absolute Gasteiger partial charge is 0.127 e. The Bertz CT molecular complexity index is 916. The van der Waals surface area contributed by atoms with Crippen LogP contribution >= 0.6 is 0 Å². The summed E-state index contributed by atoms with van der Waals surface area (Å²) in [5.74, 6) is 0.551. The fraction of sp³-hybridized carbons (Fsp3) is 0.536. The van der Waals surface area contributed by atoms with Gasteiger partial charge in [0.25, 0.3) is 0 Å². The highest BCUT2D eigenvalue weighted by Gasteiger charge is 2.42. The van der Waals surface area contributed by atoms with Crippen LogP contribution in [0.5, 0.6) is 0 Å². The Morgan fingerprint density at radius 3 is 2.53 bits per heavy atom. The second-order valence-corrected chi connectivity index (χ2v) is 10.2. The van der Waals surface area contributed by atoms with Gasteiger partial charge in [-0.15, -0.1) is 0 Å². The summed E-state index contributed by atoms with van der Waals surface area (Å²) >= 11 is 0. The molecule has 1 aliphatic carbocycles. The number of rotatable bonds is 6. The van der Waals surface area contributed by atoms with Crippen LogP contribution in [0.4, 0.5) is 4.39 Å². The molecule has 3 aliphatic rings. The average Bonchev–Trinajstić information content (AvgIpc) is 3.17. The van der Waals surface area contributed by atoms with Crippen molar-refractivity contribution in [1.29, 1.82) is 0 Å². The SMILES string of the molecule is O=CC1c2ccc(C3CCNCC3)cc2CC1CC1(F)CCN(Cc2ccccc2)CC1. The van der Waals surface area contributed by atoms with Gasteiger partial charge in [-0.2, -0.15) is 0 Å². The molecule has 2 aliphatic heterocycles. The molecule has 32 heavy (non-hydrogen) atoms. The highest BCUT2D eigenvalue weighted by molar-refractivity contribution is 5.66. The summed E-state index contributed by atoms with van der Waals surface area (Å²) in [4.78, 5) is 14.4. The van der Waals surface area contributed by atoms with E-state index >= 15 is 4.39 Å². The van der Waals surface area contributed by atoms with Crippen molar-refractivity contribution in [2.24, 2.45) is 5.92 Å². The molecule has 2 saturated heterocycles. The molecule has 0 aromatic heterocycles. The molecule has 0 bridgehead atoms. The Morgan fingerprint density at radius 1 is 1.06 bits per heavy atom. The maximum Gasteiger partial charge on any atom is 0.127 e. The number of benzene rings is 2. The number of nitrogens with one attached hydrogen (secondary N) is 1. The van der Waals surface area contributed by atoms with Crippen LogP contribution in [0.25, 0.3) is 0 Å². The zero-order valence-electron chi connectivity index (χ0n) is 18.9. The van der Waals surface area contributed by atoms with E-state index in [-0.39, 0.29) is 11.8 Å². The number of aldehydes is 1. The van der Waals surface area contributed by atoms with Gasteiger partial charge in [-0.3, -0.25) is 4.90 Å². The monoisotopic (exact) mass is 434 g/mol. The summed E-state index contributed by atoms with van der Waals surface area (Å²) in [6.07, 6.45) is 5.91. The maximum absolute atomic E-state index is 15.9. The average molecular weight is 435 g/mol. The van der Waals surface area contributed by atoms with Crippen LogP contribution in [0, 0.1) is 5.92 Å². The zero-order chi connectivity index (χ0) is 22.0. The topological polar surface area (TPSA) is 32.3 Å². The number of carbonyl (C=O) groups is 1. The lowest BCUT2D eigenvalue weighted by Crippen LogP contribution is -2.42. The molecule has 4 heteroatoms. The molecule has 0 amide bonds. The second kappa shape index (κ2) is 9.44. The third-order valence-electron chi connectivity index (χ3n) is 8.10. The van der Waals surface area contributed by atoms with Crippen LogP contribution in [0.3, 0.4) is 0 Å². The third kappa shape index (κ3) is 4.67. The normalized spacial score (nSPS) is 26.0. The van der Waals surface area contributed by atoms with Gasteiger partial charge in [0.15, 0.2) is 0 Å². The van der Waals surface area contributed by atoms with Crippen molar-refractivity contribution in [2.75, 3.05) is 26.2 Å². The molecular weight excluding hydrogens is 399 g/mol. The fourth-order valence-electron chi connectivity index (χ4n) is 6.21. The van der Waals surface area contributed by atoms with Gasteiger partial charge in [0.2, 0.25) is 0 Å². The number of halogens is 1. The van der Waals surface area contributed by atoms with E-state index in [0.717, 1.165) is 51.0 Å². The fourth-order valence-corrected chi connectivity index (χ4v) is 6.21. The van der Waals surface area contributed by atoms with Crippen molar-refractivity contribution in [3.8, 4) is 0 Å². The molecule has 5 rings (SSSR count). The van der Waals surface area contributed by atoms with Gasteiger partial charge in [0, 0.05) is 25.6 Å². The first kappa shape index (κ1) is 21.8. The summed E-state index contributed by atoms with van der Waals surface area (Å²) < 4.78 is 15.9. The lowest BCUT2D eigenvalue weighted by Gasteiger charge is -2.38. The highest BCUT2D eigenvalue weighted by atomic mass is 19.1. The predicted octanol–water partition coefficient (Wildman–Crippen LogP) is 5.00. The largest absolute Gasteiger partial charge is 0.317 e. The van der Waals surface area contributed by atoms with Crippen LogP contribution in [-0.4, -0.2) is 43.0 Å². The van der Waals surface area contributed by atoms with Gasteiger partial charge in [0.1, 0.15) is 12.0 Å². The van der Waals surface area contributed by atoms with Crippen LogP contribution in [0.15, 0.2) is 48.5 Å². The molecule has 2 heterocycles. The summed E-state index contributed by atoms with van der Waals surface area (Å²) in [5, 5.41) is 3.43. The Hall–Kier alpha value is -2.04. The number of likely N-dealkylation sites (tertiary alicyclic amines) is 1. The minimum atomic E-state index is -1.15.